The average Bonchev–Trinajstić information content (AvgIpc) is 2.93. The van der Waals surface area contributed by atoms with Gasteiger partial charge in [0.25, 0.3) is 5.91 Å². The quantitative estimate of drug-likeness (QED) is 0.807. The van der Waals surface area contributed by atoms with E-state index in [9.17, 15) is 9.59 Å². The van der Waals surface area contributed by atoms with Crippen LogP contribution in [-0.2, 0) is 9.53 Å². The summed E-state index contributed by atoms with van der Waals surface area (Å²) in [5, 5.41) is 0.947. The van der Waals surface area contributed by atoms with Gasteiger partial charge >= 0.3 is 5.97 Å². The molecule has 0 radical (unpaired) electrons. The number of para-hydroxylation sites is 1. The highest BCUT2D eigenvalue weighted by Gasteiger charge is 2.35. The van der Waals surface area contributed by atoms with Crippen LogP contribution in [0.2, 0.25) is 0 Å². The number of aryl methyl sites for hydroxylation is 2. The summed E-state index contributed by atoms with van der Waals surface area (Å²) in [6.45, 7) is 6.50. The molecule has 128 valence electrons. The molecule has 0 spiro atoms. The van der Waals surface area contributed by atoms with E-state index in [2.05, 4.69) is 0 Å². The molecule has 2 aromatic rings. The number of fused-ring (bicyclic) bond motifs is 1. The van der Waals surface area contributed by atoms with Gasteiger partial charge < -0.3 is 14.1 Å². The third kappa shape index (κ3) is 2.79. The number of likely N-dealkylation sites (tertiary alicyclic amines) is 1. The number of furan rings is 1. The second kappa shape index (κ2) is 6.67. The van der Waals surface area contributed by atoms with E-state index in [4.69, 9.17) is 9.15 Å². The average molecular weight is 329 g/mol. The summed E-state index contributed by atoms with van der Waals surface area (Å²) < 4.78 is 11.0. The highest BCUT2D eigenvalue weighted by molar-refractivity contribution is 6.01. The van der Waals surface area contributed by atoms with Gasteiger partial charge in [0, 0.05) is 17.5 Å². The zero-order chi connectivity index (χ0) is 17.3. The molecule has 1 aromatic carbocycles. The lowest BCUT2D eigenvalue weighted by Crippen LogP contribution is -2.48. The Morgan fingerprint density at radius 1 is 1.29 bits per heavy atom. The number of hydrogen-bond donors (Lipinski definition) is 0. The molecule has 0 saturated carbocycles. The Morgan fingerprint density at radius 3 is 2.79 bits per heavy atom. The van der Waals surface area contributed by atoms with Crippen molar-refractivity contribution in [2.45, 2.75) is 46.1 Å². The van der Waals surface area contributed by atoms with Gasteiger partial charge in [-0.05, 0) is 45.6 Å². The summed E-state index contributed by atoms with van der Waals surface area (Å²) in [7, 11) is 0. The minimum atomic E-state index is -0.514. The van der Waals surface area contributed by atoms with Crippen molar-refractivity contribution in [3.05, 3.63) is 35.1 Å². The Hall–Kier alpha value is -2.30. The Bertz CT molecular complexity index is 777. The van der Waals surface area contributed by atoms with Crippen LogP contribution in [0.25, 0.3) is 11.0 Å². The lowest BCUT2D eigenvalue weighted by atomic mass is 10.0. The summed E-state index contributed by atoms with van der Waals surface area (Å²) >= 11 is 0. The molecule has 24 heavy (non-hydrogen) atoms. The van der Waals surface area contributed by atoms with Crippen LogP contribution in [0.15, 0.2) is 22.6 Å². The molecule has 1 amide bonds. The van der Waals surface area contributed by atoms with E-state index in [0.717, 1.165) is 34.9 Å². The van der Waals surface area contributed by atoms with Crippen molar-refractivity contribution in [3.8, 4) is 0 Å². The van der Waals surface area contributed by atoms with E-state index >= 15 is 0 Å². The minimum Gasteiger partial charge on any atom is -0.464 e. The summed E-state index contributed by atoms with van der Waals surface area (Å²) in [4.78, 5) is 26.9. The number of hydrogen-bond acceptors (Lipinski definition) is 4. The van der Waals surface area contributed by atoms with Gasteiger partial charge in [0.1, 0.15) is 11.6 Å². The summed E-state index contributed by atoms with van der Waals surface area (Å²) in [6.07, 6.45) is 2.45. The molecule has 1 unspecified atom stereocenters. The van der Waals surface area contributed by atoms with Crippen molar-refractivity contribution < 1.29 is 18.7 Å². The highest BCUT2D eigenvalue weighted by Crippen LogP contribution is 2.30. The maximum absolute atomic E-state index is 13.0. The number of carbonyl (C=O) groups excluding carboxylic acids is 2. The molecular weight excluding hydrogens is 306 g/mol. The molecule has 0 bridgehead atoms. The van der Waals surface area contributed by atoms with E-state index in [1.807, 2.05) is 32.0 Å². The number of ether oxygens (including phenoxy) is 1. The Kier molecular flexibility index (Phi) is 4.60. The normalized spacial score (nSPS) is 18.0. The van der Waals surface area contributed by atoms with Crippen LogP contribution < -0.4 is 0 Å². The van der Waals surface area contributed by atoms with Crippen molar-refractivity contribution in [2.24, 2.45) is 0 Å². The van der Waals surface area contributed by atoms with E-state index < -0.39 is 6.04 Å². The molecule has 1 fully saturated rings. The molecule has 1 saturated heterocycles. The summed E-state index contributed by atoms with van der Waals surface area (Å²) in [5.41, 5.74) is 2.56. The van der Waals surface area contributed by atoms with Crippen LogP contribution in [0.3, 0.4) is 0 Å². The first-order chi connectivity index (χ1) is 11.5. The van der Waals surface area contributed by atoms with Gasteiger partial charge in [0.15, 0.2) is 5.76 Å². The maximum atomic E-state index is 13.0. The molecule has 1 aliphatic heterocycles. The lowest BCUT2D eigenvalue weighted by molar-refractivity contribution is -0.149. The number of nitrogens with zero attached hydrogens (tertiary/aromatic N) is 1. The first kappa shape index (κ1) is 16.6. The molecule has 0 N–H and O–H groups in total. The highest BCUT2D eigenvalue weighted by atomic mass is 16.5. The molecule has 3 rings (SSSR count). The van der Waals surface area contributed by atoms with Gasteiger partial charge in [-0.25, -0.2) is 4.79 Å². The third-order valence-electron chi connectivity index (χ3n) is 4.68. The Balaban J connectivity index is 1.96. The number of carbonyl (C=O) groups is 2. The van der Waals surface area contributed by atoms with Crippen molar-refractivity contribution in [1.29, 1.82) is 0 Å². The fourth-order valence-electron chi connectivity index (χ4n) is 3.38. The Labute approximate surface area is 141 Å². The fraction of sp³-hybridized carbons (Fsp3) is 0.474. The smallest absolute Gasteiger partial charge is 0.328 e. The molecular formula is C19H23NO4. The first-order valence-corrected chi connectivity index (χ1v) is 8.51. The van der Waals surface area contributed by atoms with Crippen LogP contribution in [0.1, 0.15) is 47.9 Å². The third-order valence-corrected chi connectivity index (χ3v) is 4.68. The molecule has 1 aliphatic rings. The summed E-state index contributed by atoms with van der Waals surface area (Å²) in [6, 6.07) is 5.36. The van der Waals surface area contributed by atoms with E-state index in [-0.39, 0.29) is 11.9 Å². The predicted octanol–water partition coefficient (Wildman–Crippen LogP) is 3.61. The van der Waals surface area contributed by atoms with Gasteiger partial charge in [-0.1, -0.05) is 18.2 Å². The fourth-order valence-corrected chi connectivity index (χ4v) is 3.38. The van der Waals surface area contributed by atoms with Gasteiger partial charge in [0.05, 0.1) is 6.61 Å². The minimum absolute atomic E-state index is 0.221. The predicted molar refractivity (Wildman–Crippen MR) is 91.0 cm³/mol. The molecule has 2 heterocycles. The van der Waals surface area contributed by atoms with Crippen LogP contribution >= 0.6 is 0 Å². The standard InChI is InChI=1S/C19H23NO4/c1-4-23-19(22)15-10-5-6-11-20(15)18(21)17-13(3)14-9-7-8-12(2)16(14)24-17/h7-9,15H,4-6,10-11H2,1-3H3. The second-order valence-electron chi connectivity index (χ2n) is 6.27. The maximum Gasteiger partial charge on any atom is 0.328 e. The van der Waals surface area contributed by atoms with E-state index in [0.29, 0.717) is 25.3 Å². The monoisotopic (exact) mass is 329 g/mol. The van der Waals surface area contributed by atoms with Crippen LogP contribution in [0, 0.1) is 13.8 Å². The second-order valence-corrected chi connectivity index (χ2v) is 6.27. The van der Waals surface area contributed by atoms with Gasteiger partial charge in [-0.3, -0.25) is 4.79 Å². The van der Waals surface area contributed by atoms with Gasteiger partial charge in [-0.15, -0.1) is 0 Å². The number of rotatable bonds is 3. The molecule has 5 nitrogen and oxygen atoms in total. The van der Waals surface area contributed by atoms with E-state index in [1.165, 1.54) is 0 Å². The SMILES string of the molecule is CCOC(=O)C1CCCCN1C(=O)c1oc2c(C)cccc2c1C. The zero-order valence-corrected chi connectivity index (χ0v) is 14.4. The summed E-state index contributed by atoms with van der Waals surface area (Å²) in [5.74, 6) is -0.216. The largest absolute Gasteiger partial charge is 0.464 e. The number of piperidine rings is 1. The first-order valence-electron chi connectivity index (χ1n) is 8.51. The van der Waals surface area contributed by atoms with E-state index in [1.54, 1.807) is 11.8 Å². The van der Waals surface area contributed by atoms with Gasteiger partial charge in [-0.2, -0.15) is 0 Å². The Morgan fingerprint density at radius 2 is 2.08 bits per heavy atom. The van der Waals surface area contributed by atoms with Crippen LogP contribution in [0.4, 0.5) is 0 Å². The van der Waals surface area contributed by atoms with Crippen molar-refractivity contribution in [2.75, 3.05) is 13.2 Å². The number of benzene rings is 1. The number of esters is 1. The van der Waals surface area contributed by atoms with Crippen LogP contribution in [-0.4, -0.2) is 36.0 Å². The van der Waals surface area contributed by atoms with Gasteiger partial charge in [0.2, 0.25) is 0 Å². The number of amides is 1. The van der Waals surface area contributed by atoms with Crippen molar-refractivity contribution in [1.82, 2.24) is 4.90 Å². The lowest BCUT2D eigenvalue weighted by Gasteiger charge is -2.33. The molecule has 5 heteroatoms. The molecule has 1 atom stereocenters. The molecule has 1 aromatic heterocycles. The topological polar surface area (TPSA) is 59.8 Å². The van der Waals surface area contributed by atoms with Crippen molar-refractivity contribution >= 4 is 22.8 Å². The molecule has 0 aliphatic carbocycles. The van der Waals surface area contributed by atoms with Crippen LogP contribution in [0.5, 0.6) is 0 Å². The van der Waals surface area contributed by atoms with Crippen molar-refractivity contribution in [3.63, 3.8) is 0 Å². The zero-order valence-electron chi connectivity index (χ0n) is 14.4.